The topological polar surface area (TPSA) is 36.4 Å². The van der Waals surface area contributed by atoms with E-state index in [1.807, 2.05) is 0 Å². The number of rotatable bonds is 4. The van der Waals surface area contributed by atoms with Crippen LogP contribution in [-0.2, 0) is 12.0 Å². The van der Waals surface area contributed by atoms with E-state index in [1.165, 1.54) is 0 Å². The van der Waals surface area contributed by atoms with Crippen LogP contribution in [0.2, 0.25) is 0 Å². The van der Waals surface area contributed by atoms with E-state index in [0.29, 0.717) is 0 Å². The molecule has 16 heavy (non-hydrogen) atoms. The van der Waals surface area contributed by atoms with Gasteiger partial charge in [-0.05, 0) is 13.8 Å². The number of aliphatic hydroxyl groups excluding tert-OH is 1. The summed E-state index contributed by atoms with van der Waals surface area (Å²) in [6, 6.07) is 0. The highest BCUT2D eigenvalue weighted by molar-refractivity contribution is 7.15. The van der Waals surface area contributed by atoms with Gasteiger partial charge in [-0.25, -0.2) is 4.98 Å². The Morgan fingerprint density at radius 1 is 1.25 bits per heavy atom. The summed E-state index contributed by atoms with van der Waals surface area (Å²) in [5.41, 5.74) is 1.03. The maximum Gasteiger partial charge on any atom is 0.185 e. The standard InChI is InChI=1S/C12H22N2OS/c1-6-14(7-2)11-13-10(12(3,4)5)9(8-15)16-11/h15H,6-8H2,1-5H3. The number of aromatic nitrogens is 1. The Morgan fingerprint density at radius 2 is 1.81 bits per heavy atom. The molecule has 0 unspecified atom stereocenters. The van der Waals surface area contributed by atoms with Crippen molar-refractivity contribution in [3.8, 4) is 0 Å². The number of hydrogen-bond acceptors (Lipinski definition) is 4. The molecular formula is C12H22N2OS. The van der Waals surface area contributed by atoms with Gasteiger partial charge in [-0.2, -0.15) is 0 Å². The number of thiazole rings is 1. The summed E-state index contributed by atoms with van der Waals surface area (Å²) in [5, 5.41) is 10.4. The number of anilines is 1. The Hall–Kier alpha value is -0.610. The van der Waals surface area contributed by atoms with E-state index >= 15 is 0 Å². The lowest BCUT2D eigenvalue weighted by molar-refractivity contribution is 0.282. The monoisotopic (exact) mass is 242 g/mol. The van der Waals surface area contributed by atoms with Crippen LogP contribution in [0.1, 0.15) is 45.2 Å². The molecule has 0 atom stereocenters. The largest absolute Gasteiger partial charge is 0.391 e. The molecule has 0 aliphatic heterocycles. The van der Waals surface area contributed by atoms with Gasteiger partial charge in [-0.3, -0.25) is 0 Å². The molecule has 0 aliphatic rings. The summed E-state index contributed by atoms with van der Waals surface area (Å²) < 4.78 is 0. The van der Waals surface area contributed by atoms with Crippen molar-refractivity contribution in [2.45, 2.75) is 46.6 Å². The van der Waals surface area contributed by atoms with E-state index < -0.39 is 0 Å². The first-order chi connectivity index (χ1) is 7.43. The minimum Gasteiger partial charge on any atom is -0.391 e. The van der Waals surface area contributed by atoms with Crippen molar-refractivity contribution in [1.29, 1.82) is 0 Å². The predicted molar refractivity (Wildman–Crippen MR) is 70.3 cm³/mol. The van der Waals surface area contributed by atoms with Crippen LogP contribution in [0.3, 0.4) is 0 Å². The van der Waals surface area contributed by atoms with Gasteiger partial charge in [0.25, 0.3) is 0 Å². The Labute approximate surface area is 102 Å². The van der Waals surface area contributed by atoms with Crippen molar-refractivity contribution in [2.24, 2.45) is 0 Å². The van der Waals surface area contributed by atoms with Crippen LogP contribution in [-0.4, -0.2) is 23.2 Å². The smallest absolute Gasteiger partial charge is 0.185 e. The van der Waals surface area contributed by atoms with Gasteiger partial charge >= 0.3 is 0 Å². The lowest BCUT2D eigenvalue weighted by Crippen LogP contribution is -2.22. The summed E-state index contributed by atoms with van der Waals surface area (Å²) in [6.07, 6.45) is 0. The van der Waals surface area contributed by atoms with Crippen LogP contribution >= 0.6 is 11.3 Å². The molecular weight excluding hydrogens is 220 g/mol. The molecule has 1 aromatic heterocycles. The van der Waals surface area contributed by atoms with Crippen LogP contribution in [0.5, 0.6) is 0 Å². The molecule has 0 amide bonds. The minimum absolute atomic E-state index is 0.0000335. The summed E-state index contributed by atoms with van der Waals surface area (Å²) in [6.45, 7) is 12.6. The second-order valence-electron chi connectivity index (χ2n) is 4.85. The van der Waals surface area contributed by atoms with Gasteiger partial charge in [0.05, 0.1) is 17.2 Å². The first-order valence-electron chi connectivity index (χ1n) is 5.80. The average molecular weight is 242 g/mol. The average Bonchev–Trinajstić information content (AvgIpc) is 2.63. The number of aliphatic hydroxyl groups is 1. The van der Waals surface area contributed by atoms with Crippen LogP contribution in [0.4, 0.5) is 5.13 Å². The minimum atomic E-state index is -0.0000335. The van der Waals surface area contributed by atoms with Crippen molar-refractivity contribution >= 4 is 16.5 Å². The molecule has 3 nitrogen and oxygen atoms in total. The molecule has 4 heteroatoms. The van der Waals surface area contributed by atoms with E-state index in [1.54, 1.807) is 11.3 Å². The highest BCUT2D eigenvalue weighted by Gasteiger charge is 2.23. The Kier molecular flexibility index (Phi) is 4.33. The van der Waals surface area contributed by atoms with Gasteiger partial charge in [0.15, 0.2) is 5.13 Å². The van der Waals surface area contributed by atoms with Gasteiger partial charge < -0.3 is 10.0 Å². The van der Waals surface area contributed by atoms with Crippen molar-refractivity contribution in [3.05, 3.63) is 10.6 Å². The first kappa shape index (κ1) is 13.5. The van der Waals surface area contributed by atoms with Crippen molar-refractivity contribution in [2.75, 3.05) is 18.0 Å². The van der Waals surface area contributed by atoms with Gasteiger partial charge in [0, 0.05) is 18.5 Å². The molecule has 92 valence electrons. The third kappa shape index (κ3) is 2.74. The molecule has 0 radical (unpaired) electrons. The fourth-order valence-corrected chi connectivity index (χ4v) is 2.92. The number of nitrogens with zero attached hydrogens (tertiary/aromatic N) is 2. The van der Waals surface area contributed by atoms with Gasteiger partial charge in [0.1, 0.15) is 0 Å². The molecule has 1 heterocycles. The zero-order valence-electron chi connectivity index (χ0n) is 10.9. The molecule has 1 N–H and O–H groups in total. The quantitative estimate of drug-likeness (QED) is 0.882. The lowest BCUT2D eigenvalue weighted by atomic mass is 9.91. The zero-order chi connectivity index (χ0) is 12.3. The maximum absolute atomic E-state index is 9.37. The zero-order valence-corrected chi connectivity index (χ0v) is 11.7. The Balaban J connectivity index is 3.12. The molecule has 0 spiro atoms. The summed E-state index contributed by atoms with van der Waals surface area (Å²) in [7, 11) is 0. The highest BCUT2D eigenvalue weighted by Crippen LogP contribution is 2.33. The summed E-state index contributed by atoms with van der Waals surface area (Å²) in [5.74, 6) is 0. The van der Waals surface area contributed by atoms with E-state index in [9.17, 15) is 5.11 Å². The molecule has 0 fully saturated rings. The third-order valence-corrected chi connectivity index (χ3v) is 3.67. The molecule has 0 aliphatic carbocycles. The molecule has 0 aromatic carbocycles. The SMILES string of the molecule is CCN(CC)c1nc(C(C)(C)C)c(CO)s1. The molecule has 0 saturated heterocycles. The van der Waals surface area contributed by atoms with E-state index in [4.69, 9.17) is 0 Å². The van der Waals surface area contributed by atoms with E-state index in [-0.39, 0.29) is 12.0 Å². The second kappa shape index (κ2) is 5.15. The molecule has 1 rings (SSSR count). The van der Waals surface area contributed by atoms with Crippen LogP contribution in [0, 0.1) is 0 Å². The van der Waals surface area contributed by atoms with Gasteiger partial charge in [-0.15, -0.1) is 0 Å². The van der Waals surface area contributed by atoms with Crippen molar-refractivity contribution in [3.63, 3.8) is 0 Å². The lowest BCUT2D eigenvalue weighted by Gasteiger charge is -2.18. The Morgan fingerprint density at radius 3 is 2.12 bits per heavy atom. The fourth-order valence-electron chi connectivity index (χ4n) is 1.66. The third-order valence-electron chi connectivity index (χ3n) is 2.57. The van der Waals surface area contributed by atoms with Crippen molar-refractivity contribution in [1.82, 2.24) is 4.98 Å². The van der Waals surface area contributed by atoms with Crippen LogP contribution < -0.4 is 4.90 Å². The predicted octanol–water partition coefficient (Wildman–Crippen LogP) is 2.78. The Bertz CT molecular complexity index is 337. The highest BCUT2D eigenvalue weighted by atomic mass is 32.1. The van der Waals surface area contributed by atoms with Gasteiger partial charge in [0.2, 0.25) is 0 Å². The van der Waals surface area contributed by atoms with Crippen LogP contribution in [0.25, 0.3) is 0 Å². The van der Waals surface area contributed by atoms with Crippen molar-refractivity contribution < 1.29 is 5.11 Å². The maximum atomic E-state index is 9.37. The second-order valence-corrected chi connectivity index (χ2v) is 5.91. The molecule has 0 saturated carbocycles. The molecule has 0 bridgehead atoms. The molecule has 1 aromatic rings. The van der Waals surface area contributed by atoms with Gasteiger partial charge in [-0.1, -0.05) is 32.1 Å². The summed E-state index contributed by atoms with van der Waals surface area (Å²) >= 11 is 1.61. The summed E-state index contributed by atoms with van der Waals surface area (Å²) in [4.78, 5) is 7.89. The van der Waals surface area contributed by atoms with Crippen LogP contribution in [0.15, 0.2) is 0 Å². The van der Waals surface area contributed by atoms with E-state index in [2.05, 4.69) is 44.5 Å². The first-order valence-corrected chi connectivity index (χ1v) is 6.61. The van der Waals surface area contributed by atoms with E-state index in [0.717, 1.165) is 28.8 Å². The fraction of sp³-hybridized carbons (Fsp3) is 0.750. The normalized spacial score (nSPS) is 11.9. The number of hydrogen-bond donors (Lipinski definition) is 1.